The number of nitrogens with two attached hydrogens (primary N) is 1. The van der Waals surface area contributed by atoms with Crippen molar-refractivity contribution in [2.24, 2.45) is 5.84 Å². The van der Waals surface area contributed by atoms with Crippen molar-refractivity contribution < 1.29 is 0 Å². The number of aryl methyl sites for hydroxylation is 1. The SMILES string of the molecule is Cc1ccsc1C(Cc1ccsc1)NN. The highest BCUT2D eigenvalue weighted by atomic mass is 32.1. The lowest BCUT2D eigenvalue weighted by Gasteiger charge is -2.14. The van der Waals surface area contributed by atoms with Gasteiger partial charge >= 0.3 is 0 Å². The van der Waals surface area contributed by atoms with Gasteiger partial charge in [-0.3, -0.25) is 11.3 Å². The summed E-state index contributed by atoms with van der Waals surface area (Å²) in [6, 6.07) is 4.52. The molecule has 0 spiro atoms. The summed E-state index contributed by atoms with van der Waals surface area (Å²) in [4.78, 5) is 1.34. The molecule has 0 radical (unpaired) electrons. The predicted octanol–water partition coefficient (Wildman–Crippen LogP) is 2.87. The van der Waals surface area contributed by atoms with Crippen LogP contribution in [0.2, 0.25) is 0 Å². The molecule has 2 aromatic rings. The lowest BCUT2D eigenvalue weighted by molar-refractivity contribution is 0.559. The molecule has 0 saturated carbocycles. The minimum absolute atomic E-state index is 0.236. The van der Waals surface area contributed by atoms with Gasteiger partial charge in [0.25, 0.3) is 0 Å². The molecule has 2 aromatic heterocycles. The highest BCUT2D eigenvalue weighted by Crippen LogP contribution is 2.26. The monoisotopic (exact) mass is 238 g/mol. The molecular weight excluding hydrogens is 224 g/mol. The van der Waals surface area contributed by atoms with E-state index in [1.54, 1.807) is 22.7 Å². The van der Waals surface area contributed by atoms with Crippen LogP contribution >= 0.6 is 22.7 Å². The molecule has 15 heavy (non-hydrogen) atoms. The summed E-state index contributed by atoms with van der Waals surface area (Å²) >= 11 is 3.49. The summed E-state index contributed by atoms with van der Waals surface area (Å²) in [5, 5.41) is 6.39. The molecule has 3 N–H and O–H groups in total. The molecule has 1 unspecified atom stereocenters. The lowest BCUT2D eigenvalue weighted by Crippen LogP contribution is -2.29. The minimum Gasteiger partial charge on any atom is -0.271 e. The molecule has 0 fully saturated rings. The van der Waals surface area contributed by atoms with Crippen molar-refractivity contribution in [2.45, 2.75) is 19.4 Å². The number of hydrogen-bond donors (Lipinski definition) is 2. The van der Waals surface area contributed by atoms with Crippen molar-refractivity contribution in [1.29, 1.82) is 0 Å². The van der Waals surface area contributed by atoms with Crippen LogP contribution in [0.4, 0.5) is 0 Å². The quantitative estimate of drug-likeness (QED) is 0.635. The first-order valence-corrected chi connectivity index (χ1v) is 6.64. The van der Waals surface area contributed by atoms with Crippen LogP contribution in [0.3, 0.4) is 0 Å². The molecule has 80 valence electrons. The van der Waals surface area contributed by atoms with E-state index in [0.29, 0.717) is 0 Å². The van der Waals surface area contributed by atoms with Gasteiger partial charge < -0.3 is 0 Å². The fourth-order valence-corrected chi connectivity index (χ4v) is 3.28. The summed E-state index contributed by atoms with van der Waals surface area (Å²) in [7, 11) is 0. The Hall–Kier alpha value is -0.680. The second-order valence-electron chi connectivity index (χ2n) is 3.52. The van der Waals surface area contributed by atoms with E-state index < -0.39 is 0 Å². The van der Waals surface area contributed by atoms with Gasteiger partial charge in [0, 0.05) is 4.88 Å². The maximum Gasteiger partial charge on any atom is 0.0596 e. The highest BCUT2D eigenvalue weighted by Gasteiger charge is 2.14. The lowest BCUT2D eigenvalue weighted by atomic mass is 10.1. The second-order valence-corrected chi connectivity index (χ2v) is 5.25. The Bertz CT molecular complexity index is 406. The summed E-state index contributed by atoms with van der Waals surface area (Å²) in [5.41, 5.74) is 5.56. The van der Waals surface area contributed by atoms with Crippen LogP contribution in [-0.2, 0) is 6.42 Å². The molecule has 0 aliphatic rings. The van der Waals surface area contributed by atoms with E-state index in [4.69, 9.17) is 5.84 Å². The molecule has 1 atom stereocenters. The molecule has 0 aliphatic carbocycles. The number of thiophene rings is 2. The third kappa shape index (κ3) is 2.46. The van der Waals surface area contributed by atoms with Gasteiger partial charge in [-0.25, -0.2) is 0 Å². The zero-order valence-corrected chi connectivity index (χ0v) is 10.2. The van der Waals surface area contributed by atoms with Gasteiger partial charge in [-0.1, -0.05) is 0 Å². The molecule has 0 aromatic carbocycles. The zero-order chi connectivity index (χ0) is 10.7. The standard InChI is InChI=1S/C11H14N2S2/c1-8-2-5-15-11(8)10(13-12)6-9-3-4-14-7-9/h2-5,7,10,13H,6,12H2,1H3. The van der Waals surface area contributed by atoms with E-state index in [1.807, 2.05) is 0 Å². The van der Waals surface area contributed by atoms with E-state index in [2.05, 4.69) is 40.6 Å². The number of hydrogen-bond acceptors (Lipinski definition) is 4. The van der Waals surface area contributed by atoms with Crippen LogP contribution < -0.4 is 11.3 Å². The van der Waals surface area contributed by atoms with Crippen LogP contribution in [0.25, 0.3) is 0 Å². The van der Waals surface area contributed by atoms with E-state index in [-0.39, 0.29) is 6.04 Å². The van der Waals surface area contributed by atoms with Crippen LogP contribution in [0.5, 0.6) is 0 Å². The highest BCUT2D eigenvalue weighted by molar-refractivity contribution is 7.10. The number of rotatable bonds is 4. The van der Waals surface area contributed by atoms with Gasteiger partial charge in [-0.05, 0) is 52.7 Å². The fraction of sp³-hybridized carbons (Fsp3) is 0.273. The number of nitrogens with one attached hydrogen (secondary N) is 1. The Balaban J connectivity index is 2.15. The normalized spacial score (nSPS) is 12.9. The van der Waals surface area contributed by atoms with Gasteiger partial charge in [0.15, 0.2) is 0 Å². The van der Waals surface area contributed by atoms with Crippen LogP contribution in [0.1, 0.15) is 22.0 Å². The van der Waals surface area contributed by atoms with Crippen molar-refractivity contribution in [3.05, 3.63) is 44.3 Å². The first-order chi connectivity index (χ1) is 7.31. The maximum absolute atomic E-state index is 5.61. The summed E-state index contributed by atoms with van der Waals surface area (Å²) < 4.78 is 0. The van der Waals surface area contributed by atoms with Crippen molar-refractivity contribution in [2.75, 3.05) is 0 Å². The molecule has 0 aliphatic heterocycles. The van der Waals surface area contributed by atoms with Gasteiger partial charge in [-0.2, -0.15) is 11.3 Å². The molecule has 0 saturated heterocycles. The Labute approximate surface area is 97.7 Å². The average Bonchev–Trinajstić information content (AvgIpc) is 2.85. The van der Waals surface area contributed by atoms with E-state index in [1.165, 1.54) is 16.0 Å². The Kier molecular flexibility index (Phi) is 3.53. The largest absolute Gasteiger partial charge is 0.271 e. The first-order valence-electron chi connectivity index (χ1n) is 4.82. The predicted molar refractivity (Wildman–Crippen MR) is 67.1 cm³/mol. The third-order valence-electron chi connectivity index (χ3n) is 2.44. The summed E-state index contributed by atoms with van der Waals surface area (Å²) in [6.07, 6.45) is 0.960. The molecule has 2 rings (SSSR count). The molecule has 4 heteroatoms. The van der Waals surface area contributed by atoms with Gasteiger partial charge in [0.05, 0.1) is 6.04 Å². The van der Waals surface area contributed by atoms with Crippen LogP contribution in [-0.4, -0.2) is 0 Å². The zero-order valence-electron chi connectivity index (χ0n) is 8.57. The summed E-state index contributed by atoms with van der Waals surface area (Å²) in [5.74, 6) is 5.61. The maximum atomic E-state index is 5.61. The topological polar surface area (TPSA) is 38.0 Å². The first kappa shape index (κ1) is 10.8. The van der Waals surface area contributed by atoms with E-state index in [9.17, 15) is 0 Å². The Morgan fingerprint density at radius 3 is 2.80 bits per heavy atom. The third-order valence-corrected chi connectivity index (χ3v) is 4.30. The fourth-order valence-electron chi connectivity index (χ4n) is 1.61. The minimum atomic E-state index is 0.236. The van der Waals surface area contributed by atoms with E-state index >= 15 is 0 Å². The van der Waals surface area contributed by atoms with Crippen LogP contribution in [0.15, 0.2) is 28.3 Å². The molecule has 2 heterocycles. The van der Waals surface area contributed by atoms with Gasteiger partial charge in [0.2, 0.25) is 0 Å². The molecule has 0 bridgehead atoms. The summed E-state index contributed by atoms with van der Waals surface area (Å²) in [6.45, 7) is 2.13. The second kappa shape index (κ2) is 4.90. The molecule has 0 amide bonds. The Morgan fingerprint density at radius 1 is 1.40 bits per heavy atom. The average molecular weight is 238 g/mol. The van der Waals surface area contributed by atoms with Crippen molar-refractivity contribution in [3.63, 3.8) is 0 Å². The Morgan fingerprint density at radius 2 is 2.27 bits per heavy atom. The smallest absolute Gasteiger partial charge is 0.0596 e. The number of hydrazine groups is 1. The van der Waals surface area contributed by atoms with Gasteiger partial charge in [0.1, 0.15) is 0 Å². The van der Waals surface area contributed by atoms with Crippen molar-refractivity contribution >= 4 is 22.7 Å². The van der Waals surface area contributed by atoms with Crippen LogP contribution in [0, 0.1) is 6.92 Å². The molecule has 2 nitrogen and oxygen atoms in total. The molecular formula is C11H14N2S2. The van der Waals surface area contributed by atoms with E-state index in [0.717, 1.165) is 6.42 Å². The van der Waals surface area contributed by atoms with Gasteiger partial charge in [-0.15, -0.1) is 11.3 Å². The van der Waals surface area contributed by atoms with Crippen molar-refractivity contribution in [1.82, 2.24) is 5.43 Å². The van der Waals surface area contributed by atoms with Crippen molar-refractivity contribution in [3.8, 4) is 0 Å².